The maximum Gasteiger partial charge on any atom is 0.217 e. The number of thiazole rings is 1. The molecule has 3 aromatic heterocycles. The van der Waals surface area contributed by atoms with Gasteiger partial charge in [-0.3, -0.25) is 4.79 Å². The van der Waals surface area contributed by atoms with E-state index in [0.29, 0.717) is 5.56 Å². The van der Waals surface area contributed by atoms with E-state index in [1.165, 1.54) is 56.7 Å². The van der Waals surface area contributed by atoms with Crippen molar-refractivity contribution in [3.05, 3.63) is 35.9 Å². The van der Waals surface area contributed by atoms with Crippen molar-refractivity contribution in [1.82, 2.24) is 29.7 Å². The molecule has 1 aliphatic rings. The second kappa shape index (κ2) is 10.5. The van der Waals surface area contributed by atoms with Crippen LogP contribution in [0.3, 0.4) is 0 Å². The van der Waals surface area contributed by atoms with Crippen molar-refractivity contribution in [2.24, 2.45) is 7.05 Å². The first-order valence-electron chi connectivity index (χ1n) is 12.6. The molecular formula is C26H32FN7OS. The Bertz CT molecular complexity index is 1390. The van der Waals surface area contributed by atoms with E-state index in [4.69, 9.17) is 9.97 Å². The number of imidazole rings is 1. The highest BCUT2D eigenvalue weighted by Gasteiger charge is 2.19. The second-order valence-electron chi connectivity index (χ2n) is 9.53. The number of fused-ring (bicyclic) bond motifs is 3. The molecule has 0 aliphatic carbocycles. The molecule has 1 atom stereocenters. The number of likely N-dealkylation sites (tertiary alicyclic amines) is 1. The van der Waals surface area contributed by atoms with Crippen LogP contribution in [0.2, 0.25) is 0 Å². The molecule has 5 rings (SSSR count). The van der Waals surface area contributed by atoms with Crippen molar-refractivity contribution in [1.29, 1.82) is 0 Å². The van der Waals surface area contributed by atoms with Gasteiger partial charge < -0.3 is 20.1 Å². The number of amides is 1. The molecule has 10 heteroatoms. The van der Waals surface area contributed by atoms with Crippen molar-refractivity contribution in [2.45, 2.75) is 45.6 Å². The van der Waals surface area contributed by atoms with Gasteiger partial charge in [0.2, 0.25) is 5.91 Å². The fraction of sp³-hybridized carbons (Fsp3) is 0.462. The van der Waals surface area contributed by atoms with Crippen molar-refractivity contribution in [3.63, 3.8) is 0 Å². The Hall–Kier alpha value is -3.11. The van der Waals surface area contributed by atoms with Crippen LogP contribution in [-0.4, -0.2) is 56.5 Å². The molecule has 2 N–H and O–H groups in total. The van der Waals surface area contributed by atoms with E-state index in [2.05, 4.69) is 20.5 Å². The third-order valence-corrected chi connectivity index (χ3v) is 7.73. The molecule has 1 aliphatic heterocycles. The average Bonchev–Trinajstić information content (AvgIpc) is 3.46. The van der Waals surface area contributed by atoms with Crippen LogP contribution in [-0.2, 0) is 11.8 Å². The maximum atomic E-state index is 14.5. The topological polar surface area (TPSA) is 88.0 Å². The SMILES string of the molecule is CC(=O)NC(C)c1cc(-c2nc3c(nc(NCCCN4CCCCC4)c4ncn(C)c43)s2)ccc1F. The van der Waals surface area contributed by atoms with E-state index in [1.54, 1.807) is 25.4 Å². The van der Waals surface area contributed by atoms with E-state index in [0.717, 1.165) is 57.3 Å². The first-order chi connectivity index (χ1) is 17.4. The number of aryl methyl sites for hydroxylation is 1. The smallest absolute Gasteiger partial charge is 0.217 e. The van der Waals surface area contributed by atoms with Crippen LogP contribution in [0.4, 0.5) is 10.2 Å². The van der Waals surface area contributed by atoms with Crippen LogP contribution < -0.4 is 10.6 Å². The number of halogens is 1. The lowest BCUT2D eigenvalue weighted by atomic mass is 10.0. The van der Waals surface area contributed by atoms with Crippen LogP contribution in [0.5, 0.6) is 0 Å². The number of aromatic nitrogens is 4. The predicted octanol–water partition coefficient (Wildman–Crippen LogP) is 4.87. The number of hydrogen-bond acceptors (Lipinski definition) is 7. The fourth-order valence-electron chi connectivity index (χ4n) is 4.91. The van der Waals surface area contributed by atoms with Gasteiger partial charge in [0.05, 0.1) is 12.4 Å². The normalized spacial score (nSPS) is 15.4. The molecular weight excluding hydrogens is 477 g/mol. The highest BCUT2D eigenvalue weighted by Crippen LogP contribution is 2.36. The summed E-state index contributed by atoms with van der Waals surface area (Å²) in [5, 5.41) is 7.01. The molecule has 0 spiro atoms. The van der Waals surface area contributed by atoms with E-state index in [-0.39, 0.29) is 11.7 Å². The minimum absolute atomic E-state index is 0.203. The average molecular weight is 510 g/mol. The monoisotopic (exact) mass is 509 g/mol. The third-order valence-electron chi connectivity index (χ3n) is 6.73. The molecule has 1 fully saturated rings. The molecule has 8 nitrogen and oxygen atoms in total. The van der Waals surface area contributed by atoms with Gasteiger partial charge in [-0.1, -0.05) is 17.8 Å². The van der Waals surface area contributed by atoms with Crippen LogP contribution >= 0.6 is 11.3 Å². The summed E-state index contributed by atoms with van der Waals surface area (Å²) < 4.78 is 16.5. The van der Waals surface area contributed by atoms with Gasteiger partial charge in [0.25, 0.3) is 0 Å². The zero-order valence-electron chi connectivity index (χ0n) is 21.0. The third kappa shape index (κ3) is 5.05. The van der Waals surface area contributed by atoms with Gasteiger partial charge in [-0.15, -0.1) is 0 Å². The molecule has 1 saturated heterocycles. The summed E-state index contributed by atoms with van der Waals surface area (Å²) in [6.45, 7) is 7.52. The summed E-state index contributed by atoms with van der Waals surface area (Å²) in [5.41, 5.74) is 3.73. The number of nitrogens with one attached hydrogen (secondary N) is 2. The molecule has 4 aromatic rings. The van der Waals surface area contributed by atoms with Gasteiger partial charge in [-0.25, -0.2) is 19.3 Å². The number of benzene rings is 1. The summed E-state index contributed by atoms with van der Waals surface area (Å²) in [6.07, 6.45) is 6.79. The standard InChI is InChI=1S/C26H32FN7OS/c1-16(30-17(2)35)19-14-18(8-9-20(19)27)25-31-22-23-21(29-15-33(23)3)24(32-26(22)36-25)28-10-7-13-34-11-5-4-6-12-34/h8-9,14-16H,4-7,10-13H2,1-3H3,(H,28,32)(H,30,35). The highest BCUT2D eigenvalue weighted by atomic mass is 32.1. The zero-order valence-corrected chi connectivity index (χ0v) is 21.8. The summed E-state index contributed by atoms with van der Waals surface area (Å²) in [4.78, 5) is 29.2. The highest BCUT2D eigenvalue weighted by molar-refractivity contribution is 7.21. The molecule has 190 valence electrons. The number of nitrogens with zero attached hydrogens (tertiary/aromatic N) is 5. The largest absolute Gasteiger partial charge is 0.368 e. The van der Waals surface area contributed by atoms with E-state index in [9.17, 15) is 9.18 Å². The van der Waals surface area contributed by atoms with Crippen molar-refractivity contribution >= 4 is 44.4 Å². The van der Waals surface area contributed by atoms with E-state index in [1.807, 2.05) is 11.6 Å². The van der Waals surface area contributed by atoms with Gasteiger partial charge in [0.1, 0.15) is 32.2 Å². The number of piperidine rings is 1. The molecule has 1 amide bonds. The van der Waals surface area contributed by atoms with E-state index >= 15 is 0 Å². The van der Waals surface area contributed by atoms with Gasteiger partial charge in [0, 0.05) is 31.6 Å². The lowest BCUT2D eigenvalue weighted by Gasteiger charge is -2.26. The minimum Gasteiger partial charge on any atom is -0.368 e. The van der Waals surface area contributed by atoms with Crippen molar-refractivity contribution in [2.75, 3.05) is 31.5 Å². The van der Waals surface area contributed by atoms with Gasteiger partial charge in [-0.2, -0.15) is 0 Å². The number of hydrogen-bond donors (Lipinski definition) is 2. The molecule has 4 heterocycles. The lowest BCUT2D eigenvalue weighted by molar-refractivity contribution is -0.119. The molecule has 0 saturated carbocycles. The Labute approximate surface area is 213 Å². The zero-order chi connectivity index (χ0) is 25.2. The van der Waals surface area contributed by atoms with Gasteiger partial charge >= 0.3 is 0 Å². The summed E-state index contributed by atoms with van der Waals surface area (Å²) >= 11 is 1.47. The number of carbonyl (C=O) groups excluding carboxylic acids is 1. The first kappa shape index (κ1) is 24.6. The summed E-state index contributed by atoms with van der Waals surface area (Å²) in [5.74, 6) is 0.210. The molecule has 36 heavy (non-hydrogen) atoms. The molecule has 1 unspecified atom stereocenters. The minimum atomic E-state index is -0.445. The quantitative estimate of drug-likeness (QED) is 0.330. The first-order valence-corrected chi connectivity index (χ1v) is 13.4. The Morgan fingerprint density at radius 1 is 1.19 bits per heavy atom. The van der Waals surface area contributed by atoms with Gasteiger partial charge in [-0.05, 0) is 64.0 Å². The molecule has 0 bridgehead atoms. The van der Waals surface area contributed by atoms with Crippen LogP contribution in [0.1, 0.15) is 51.1 Å². The van der Waals surface area contributed by atoms with Crippen LogP contribution in [0, 0.1) is 5.82 Å². The van der Waals surface area contributed by atoms with Crippen molar-refractivity contribution < 1.29 is 9.18 Å². The Kier molecular flexibility index (Phi) is 7.15. The second-order valence-corrected chi connectivity index (χ2v) is 10.5. The van der Waals surface area contributed by atoms with Crippen LogP contribution in [0.15, 0.2) is 24.5 Å². The maximum absolute atomic E-state index is 14.5. The van der Waals surface area contributed by atoms with Crippen LogP contribution in [0.25, 0.3) is 32.0 Å². The Morgan fingerprint density at radius 3 is 2.78 bits per heavy atom. The summed E-state index contributed by atoms with van der Waals surface area (Å²) in [7, 11) is 1.96. The number of rotatable bonds is 8. The summed E-state index contributed by atoms with van der Waals surface area (Å²) in [6, 6.07) is 4.46. The molecule has 1 aromatic carbocycles. The molecule has 0 radical (unpaired) electrons. The Balaban J connectivity index is 1.42. The number of anilines is 1. The predicted molar refractivity (Wildman–Crippen MR) is 143 cm³/mol. The van der Waals surface area contributed by atoms with Gasteiger partial charge in [0.15, 0.2) is 5.82 Å². The number of carbonyl (C=O) groups is 1. The Morgan fingerprint density at radius 2 is 2.00 bits per heavy atom. The number of pyridine rings is 1. The van der Waals surface area contributed by atoms with Crippen molar-refractivity contribution in [3.8, 4) is 10.6 Å². The lowest BCUT2D eigenvalue weighted by Crippen LogP contribution is -2.31. The van der Waals surface area contributed by atoms with E-state index < -0.39 is 6.04 Å². The fourth-order valence-corrected chi connectivity index (χ4v) is 5.85.